The van der Waals surface area contributed by atoms with Gasteiger partial charge in [0.15, 0.2) is 0 Å². The first-order valence-corrected chi connectivity index (χ1v) is 12.3. The van der Waals surface area contributed by atoms with Crippen molar-refractivity contribution >= 4 is 33.2 Å². The molecule has 168 valence electrons. The van der Waals surface area contributed by atoms with E-state index in [0.29, 0.717) is 43.0 Å². The average molecular weight is 454 g/mol. The molecule has 2 aliphatic heterocycles. The Bertz CT molecular complexity index is 1170. The van der Waals surface area contributed by atoms with E-state index in [2.05, 4.69) is 6.58 Å². The number of hydrogen-bond acceptors (Lipinski definition) is 4. The molecule has 8 heteroatoms. The van der Waals surface area contributed by atoms with Crippen molar-refractivity contribution < 1.29 is 18.0 Å². The minimum atomic E-state index is -3.57. The highest BCUT2D eigenvalue weighted by atomic mass is 32.2. The number of benzene rings is 2. The van der Waals surface area contributed by atoms with E-state index in [1.165, 1.54) is 9.21 Å². The highest BCUT2D eigenvalue weighted by molar-refractivity contribution is 7.89. The van der Waals surface area contributed by atoms with Gasteiger partial charge in [-0.3, -0.25) is 14.5 Å². The molecular weight excluding hydrogens is 426 g/mol. The van der Waals surface area contributed by atoms with Crippen LogP contribution >= 0.6 is 0 Å². The Kier molecular flexibility index (Phi) is 5.92. The Morgan fingerprint density at radius 2 is 1.78 bits per heavy atom. The van der Waals surface area contributed by atoms with E-state index < -0.39 is 10.0 Å². The first-order chi connectivity index (χ1) is 15.3. The lowest BCUT2D eigenvalue weighted by molar-refractivity contribution is -0.118. The van der Waals surface area contributed by atoms with Crippen LogP contribution in [0.5, 0.6) is 0 Å². The van der Waals surface area contributed by atoms with E-state index in [9.17, 15) is 18.0 Å². The van der Waals surface area contributed by atoms with Crippen LogP contribution in [0.1, 0.15) is 41.8 Å². The predicted molar refractivity (Wildman–Crippen MR) is 124 cm³/mol. The van der Waals surface area contributed by atoms with Crippen LogP contribution in [0.3, 0.4) is 0 Å². The Balaban J connectivity index is 1.58. The number of anilines is 1. The van der Waals surface area contributed by atoms with Gasteiger partial charge < -0.3 is 4.90 Å². The molecule has 0 spiro atoms. The lowest BCUT2D eigenvalue weighted by Crippen LogP contribution is -2.42. The van der Waals surface area contributed by atoms with Gasteiger partial charge in [0.05, 0.1) is 4.90 Å². The number of carbonyl (C=O) groups excluding carboxylic acids is 2. The molecule has 0 aromatic heterocycles. The second kappa shape index (κ2) is 8.52. The van der Waals surface area contributed by atoms with E-state index in [1.54, 1.807) is 35.2 Å². The van der Waals surface area contributed by atoms with E-state index >= 15 is 0 Å². The van der Waals surface area contributed by atoms with Gasteiger partial charge in [-0.1, -0.05) is 38.6 Å². The fourth-order valence-electron chi connectivity index (χ4n) is 4.43. The van der Waals surface area contributed by atoms with Crippen LogP contribution in [0.25, 0.3) is 5.70 Å². The summed E-state index contributed by atoms with van der Waals surface area (Å²) in [6.07, 6.45) is 1.42. The molecule has 0 bridgehead atoms. The minimum Gasteiger partial charge on any atom is -0.311 e. The van der Waals surface area contributed by atoms with E-state index in [1.807, 2.05) is 26.0 Å². The van der Waals surface area contributed by atoms with Crippen molar-refractivity contribution in [3.63, 3.8) is 0 Å². The lowest BCUT2D eigenvalue weighted by Gasteiger charge is -2.31. The third-order valence-corrected chi connectivity index (χ3v) is 8.19. The van der Waals surface area contributed by atoms with Crippen LogP contribution < -0.4 is 4.90 Å². The van der Waals surface area contributed by atoms with Crippen molar-refractivity contribution in [3.05, 3.63) is 65.7 Å². The number of hydrogen-bond donors (Lipinski definition) is 0. The summed E-state index contributed by atoms with van der Waals surface area (Å²) in [6, 6.07) is 12.1. The predicted octanol–water partition coefficient (Wildman–Crippen LogP) is 3.12. The topological polar surface area (TPSA) is 78.0 Å². The smallest absolute Gasteiger partial charge is 0.259 e. The average Bonchev–Trinajstić information content (AvgIpc) is 3.04. The maximum atomic E-state index is 13.2. The van der Waals surface area contributed by atoms with Crippen LogP contribution in [0.4, 0.5) is 5.69 Å². The molecule has 4 rings (SSSR count). The number of carbonyl (C=O) groups is 2. The summed E-state index contributed by atoms with van der Waals surface area (Å²) in [5.41, 5.74) is 3.35. The summed E-state index contributed by atoms with van der Waals surface area (Å²) < 4.78 is 27.2. The quantitative estimate of drug-likeness (QED) is 0.673. The normalized spacial score (nSPS) is 15.8. The van der Waals surface area contributed by atoms with Crippen molar-refractivity contribution in [2.24, 2.45) is 0 Å². The third-order valence-electron chi connectivity index (χ3n) is 6.15. The van der Waals surface area contributed by atoms with E-state index in [0.717, 1.165) is 17.5 Å². The summed E-state index contributed by atoms with van der Waals surface area (Å²) in [6.45, 7) is 8.84. The number of fused-ring (bicyclic) bond motifs is 2. The molecule has 0 atom stereocenters. The Labute approximate surface area is 189 Å². The summed E-state index contributed by atoms with van der Waals surface area (Å²) in [5.74, 6) is -0.440. The molecule has 0 aliphatic carbocycles. The Morgan fingerprint density at radius 1 is 1.09 bits per heavy atom. The van der Waals surface area contributed by atoms with Gasteiger partial charge in [0.1, 0.15) is 6.54 Å². The molecule has 0 saturated heterocycles. The molecule has 0 saturated carbocycles. The second-order valence-corrected chi connectivity index (χ2v) is 9.85. The largest absolute Gasteiger partial charge is 0.311 e. The molecule has 0 radical (unpaired) electrons. The number of amides is 2. The van der Waals surface area contributed by atoms with Gasteiger partial charge in [0, 0.05) is 42.1 Å². The maximum Gasteiger partial charge on any atom is 0.259 e. The van der Waals surface area contributed by atoms with Crippen molar-refractivity contribution in [1.29, 1.82) is 0 Å². The van der Waals surface area contributed by atoms with Gasteiger partial charge in [-0.2, -0.15) is 4.31 Å². The molecular formula is C24H27N3O4S. The maximum absolute atomic E-state index is 13.2. The van der Waals surface area contributed by atoms with E-state index in [-0.39, 0.29) is 23.3 Å². The third kappa shape index (κ3) is 3.63. The first-order valence-electron chi connectivity index (χ1n) is 10.8. The lowest BCUT2D eigenvalue weighted by atomic mass is 10.0. The zero-order valence-corrected chi connectivity index (χ0v) is 19.2. The summed E-state index contributed by atoms with van der Waals surface area (Å²) >= 11 is 0. The first kappa shape index (κ1) is 22.2. The van der Waals surface area contributed by atoms with Crippen molar-refractivity contribution in [3.8, 4) is 0 Å². The van der Waals surface area contributed by atoms with Crippen LogP contribution in [0.2, 0.25) is 0 Å². The minimum absolute atomic E-state index is 0.106. The van der Waals surface area contributed by atoms with Gasteiger partial charge in [0.25, 0.3) is 5.91 Å². The zero-order valence-electron chi connectivity index (χ0n) is 18.4. The van der Waals surface area contributed by atoms with Crippen LogP contribution in [-0.2, 0) is 21.2 Å². The van der Waals surface area contributed by atoms with Crippen molar-refractivity contribution in [2.75, 3.05) is 31.1 Å². The fraction of sp³-hybridized carbons (Fsp3) is 0.333. The molecule has 0 fully saturated rings. The fourth-order valence-corrected chi connectivity index (χ4v) is 5.94. The standard InChI is InChI=1S/C24H27N3O4S/c1-4-25(5-2)32(30,31)19-12-13-22-18(15-19)9-8-14-26(22)23(28)16-27-17(3)20-10-6-7-11-21(20)24(27)29/h6-7,10-13,15H,3-5,8-9,14,16H2,1-2H3. The van der Waals surface area contributed by atoms with Gasteiger partial charge in [-0.05, 0) is 42.7 Å². The summed E-state index contributed by atoms with van der Waals surface area (Å²) in [7, 11) is -3.57. The molecule has 2 aromatic carbocycles. The second-order valence-electron chi connectivity index (χ2n) is 7.91. The van der Waals surface area contributed by atoms with Crippen LogP contribution in [0, 0.1) is 0 Å². The number of aryl methyl sites for hydroxylation is 1. The summed E-state index contributed by atoms with van der Waals surface area (Å²) in [4.78, 5) is 29.3. The van der Waals surface area contributed by atoms with E-state index in [4.69, 9.17) is 0 Å². The molecule has 2 aromatic rings. The van der Waals surface area contributed by atoms with Crippen LogP contribution in [-0.4, -0.2) is 55.6 Å². The Hall–Kier alpha value is -2.97. The number of sulfonamides is 1. The molecule has 2 aliphatic rings. The van der Waals surface area contributed by atoms with Gasteiger partial charge >= 0.3 is 0 Å². The molecule has 7 nitrogen and oxygen atoms in total. The highest BCUT2D eigenvalue weighted by Gasteiger charge is 2.34. The van der Waals surface area contributed by atoms with Gasteiger partial charge in [-0.25, -0.2) is 8.42 Å². The number of nitrogens with zero attached hydrogens (tertiary/aromatic N) is 3. The van der Waals surface area contributed by atoms with Gasteiger partial charge in [0.2, 0.25) is 15.9 Å². The summed E-state index contributed by atoms with van der Waals surface area (Å²) in [5, 5.41) is 0. The SMILES string of the molecule is C=C1c2ccccc2C(=O)N1CC(=O)N1CCCc2cc(S(=O)(=O)N(CC)CC)ccc21. The molecule has 32 heavy (non-hydrogen) atoms. The van der Waals surface area contributed by atoms with Crippen molar-refractivity contribution in [2.45, 2.75) is 31.6 Å². The van der Waals surface area contributed by atoms with Gasteiger partial charge in [-0.15, -0.1) is 0 Å². The van der Waals surface area contributed by atoms with Crippen LogP contribution in [0.15, 0.2) is 53.9 Å². The molecule has 2 amide bonds. The molecule has 0 unspecified atom stereocenters. The molecule has 0 N–H and O–H groups in total. The highest BCUT2D eigenvalue weighted by Crippen LogP contribution is 2.33. The Morgan fingerprint density at radius 3 is 2.44 bits per heavy atom. The monoisotopic (exact) mass is 453 g/mol. The molecule has 2 heterocycles. The zero-order chi connectivity index (χ0) is 23.0. The number of rotatable bonds is 6. The van der Waals surface area contributed by atoms with Crippen molar-refractivity contribution in [1.82, 2.24) is 9.21 Å².